The summed E-state index contributed by atoms with van der Waals surface area (Å²) in [6.07, 6.45) is 4.95. The maximum absolute atomic E-state index is 8.96. The van der Waals surface area contributed by atoms with Crippen LogP contribution in [0.3, 0.4) is 0 Å². The smallest absolute Gasteiger partial charge is 0.0992 e. The average molecular weight is 243 g/mol. The maximum atomic E-state index is 8.96. The lowest BCUT2D eigenvalue weighted by Crippen LogP contribution is -2.36. The van der Waals surface area contributed by atoms with Crippen LogP contribution in [0.4, 0.5) is 5.69 Å². The molecule has 0 heterocycles. The molecule has 2 atom stereocenters. The van der Waals surface area contributed by atoms with Crippen LogP contribution in [-0.4, -0.2) is 12.6 Å². The summed E-state index contributed by atoms with van der Waals surface area (Å²) in [6, 6.07) is 8.45. The molecule has 1 aromatic rings. The van der Waals surface area contributed by atoms with Gasteiger partial charge in [0.05, 0.1) is 11.6 Å². The van der Waals surface area contributed by atoms with Crippen molar-refractivity contribution in [1.29, 1.82) is 5.26 Å². The van der Waals surface area contributed by atoms with Crippen molar-refractivity contribution in [2.24, 2.45) is 11.7 Å². The van der Waals surface area contributed by atoms with Crippen LogP contribution in [0, 0.1) is 24.2 Å². The highest BCUT2D eigenvalue weighted by atomic mass is 14.9. The van der Waals surface area contributed by atoms with Gasteiger partial charge in [0.2, 0.25) is 0 Å². The second-order valence-electron chi connectivity index (χ2n) is 5.17. The number of nitrogens with zero attached hydrogens (tertiary/aromatic N) is 1. The number of nitriles is 1. The molecule has 0 aliphatic heterocycles. The molecule has 18 heavy (non-hydrogen) atoms. The topological polar surface area (TPSA) is 61.8 Å². The predicted octanol–water partition coefficient (Wildman–Crippen LogP) is 2.80. The molecule has 2 rings (SSSR count). The van der Waals surface area contributed by atoms with Crippen LogP contribution >= 0.6 is 0 Å². The van der Waals surface area contributed by atoms with E-state index in [2.05, 4.69) is 18.3 Å². The molecule has 96 valence electrons. The number of nitrogens with one attached hydrogen (secondary N) is 1. The molecule has 0 spiro atoms. The van der Waals surface area contributed by atoms with Crippen molar-refractivity contribution in [2.75, 3.05) is 11.9 Å². The molecule has 0 aromatic heterocycles. The molecule has 1 aliphatic carbocycles. The van der Waals surface area contributed by atoms with E-state index in [0.29, 0.717) is 17.5 Å². The van der Waals surface area contributed by atoms with Gasteiger partial charge in [-0.25, -0.2) is 0 Å². The van der Waals surface area contributed by atoms with Crippen LogP contribution in [0.15, 0.2) is 18.2 Å². The minimum absolute atomic E-state index is 0.455. The van der Waals surface area contributed by atoms with Crippen LogP contribution < -0.4 is 11.1 Å². The molecule has 2 unspecified atom stereocenters. The van der Waals surface area contributed by atoms with E-state index in [9.17, 15) is 0 Å². The molecule has 0 radical (unpaired) electrons. The summed E-state index contributed by atoms with van der Waals surface area (Å²) < 4.78 is 0. The van der Waals surface area contributed by atoms with Gasteiger partial charge in [0.15, 0.2) is 0 Å². The minimum atomic E-state index is 0.455. The van der Waals surface area contributed by atoms with Crippen LogP contribution in [0.2, 0.25) is 0 Å². The zero-order valence-corrected chi connectivity index (χ0v) is 10.9. The van der Waals surface area contributed by atoms with Crippen molar-refractivity contribution in [1.82, 2.24) is 0 Å². The fourth-order valence-corrected chi connectivity index (χ4v) is 2.73. The van der Waals surface area contributed by atoms with Crippen molar-refractivity contribution in [3.63, 3.8) is 0 Å². The Bertz CT molecular complexity index is 448. The summed E-state index contributed by atoms with van der Waals surface area (Å²) >= 11 is 0. The molecule has 3 nitrogen and oxygen atoms in total. The van der Waals surface area contributed by atoms with Gasteiger partial charge < -0.3 is 11.1 Å². The van der Waals surface area contributed by atoms with Crippen LogP contribution in [-0.2, 0) is 0 Å². The average Bonchev–Trinajstić information content (AvgIpc) is 2.42. The first-order chi connectivity index (χ1) is 8.74. The molecular formula is C15H21N3. The molecule has 1 aliphatic rings. The second kappa shape index (κ2) is 5.88. The highest BCUT2D eigenvalue weighted by molar-refractivity contribution is 5.55. The van der Waals surface area contributed by atoms with Crippen molar-refractivity contribution >= 4 is 5.69 Å². The molecule has 0 amide bonds. The van der Waals surface area contributed by atoms with Gasteiger partial charge in [-0.3, -0.25) is 0 Å². The van der Waals surface area contributed by atoms with Crippen molar-refractivity contribution < 1.29 is 0 Å². The summed E-state index contributed by atoms with van der Waals surface area (Å²) in [5.74, 6) is 0.559. The number of benzene rings is 1. The predicted molar refractivity (Wildman–Crippen MR) is 74.3 cm³/mol. The molecule has 3 heteroatoms. The highest BCUT2D eigenvalue weighted by Crippen LogP contribution is 2.28. The third-order valence-corrected chi connectivity index (χ3v) is 3.92. The third-order valence-electron chi connectivity index (χ3n) is 3.92. The summed E-state index contributed by atoms with van der Waals surface area (Å²) in [6.45, 7) is 2.82. The Morgan fingerprint density at radius 2 is 2.17 bits per heavy atom. The van der Waals surface area contributed by atoms with Crippen molar-refractivity contribution in [3.05, 3.63) is 29.3 Å². The van der Waals surface area contributed by atoms with Gasteiger partial charge in [0.1, 0.15) is 0 Å². The Hall–Kier alpha value is -1.53. The monoisotopic (exact) mass is 243 g/mol. The summed E-state index contributed by atoms with van der Waals surface area (Å²) in [4.78, 5) is 0. The summed E-state index contributed by atoms with van der Waals surface area (Å²) in [5.41, 5.74) is 8.83. The van der Waals surface area contributed by atoms with E-state index in [1.165, 1.54) is 31.2 Å². The number of anilines is 1. The van der Waals surface area contributed by atoms with Crippen molar-refractivity contribution in [2.45, 2.75) is 38.6 Å². The van der Waals surface area contributed by atoms with Gasteiger partial charge in [-0.1, -0.05) is 18.9 Å². The maximum Gasteiger partial charge on any atom is 0.0992 e. The Kier molecular flexibility index (Phi) is 4.22. The van der Waals surface area contributed by atoms with E-state index in [1.807, 2.05) is 18.2 Å². The van der Waals surface area contributed by atoms with E-state index in [4.69, 9.17) is 11.0 Å². The highest BCUT2D eigenvalue weighted by Gasteiger charge is 2.24. The summed E-state index contributed by atoms with van der Waals surface area (Å²) in [7, 11) is 0. The Morgan fingerprint density at radius 3 is 2.89 bits per heavy atom. The van der Waals surface area contributed by atoms with Crippen LogP contribution in [0.5, 0.6) is 0 Å². The number of hydrogen-bond acceptors (Lipinski definition) is 3. The standard InChI is InChI=1S/C15H21N3/c1-11-6-7-12(9-16)8-15(11)18-14-5-3-2-4-13(14)10-17/h6-8,13-14,18H,2-5,10,17H2,1H3. The zero-order chi connectivity index (χ0) is 13.0. The largest absolute Gasteiger partial charge is 0.382 e. The molecule has 1 fully saturated rings. The normalized spacial score (nSPS) is 23.4. The van der Waals surface area contributed by atoms with E-state index in [1.54, 1.807) is 0 Å². The molecule has 1 saturated carbocycles. The quantitative estimate of drug-likeness (QED) is 0.858. The van der Waals surface area contributed by atoms with Gasteiger partial charge in [-0.15, -0.1) is 0 Å². The lowest BCUT2D eigenvalue weighted by atomic mass is 9.84. The number of aryl methyl sites for hydroxylation is 1. The minimum Gasteiger partial charge on any atom is -0.382 e. The van der Waals surface area contributed by atoms with Crippen molar-refractivity contribution in [3.8, 4) is 6.07 Å². The van der Waals surface area contributed by atoms with E-state index >= 15 is 0 Å². The fraction of sp³-hybridized carbons (Fsp3) is 0.533. The van der Waals surface area contributed by atoms with Gasteiger partial charge >= 0.3 is 0 Å². The summed E-state index contributed by atoms with van der Waals surface area (Å²) in [5, 5.41) is 12.6. The van der Waals surface area contributed by atoms with Gasteiger partial charge in [0.25, 0.3) is 0 Å². The fourth-order valence-electron chi connectivity index (χ4n) is 2.73. The lowest BCUT2D eigenvalue weighted by molar-refractivity contribution is 0.332. The first kappa shape index (κ1) is 12.9. The molecular weight excluding hydrogens is 222 g/mol. The second-order valence-corrected chi connectivity index (χ2v) is 5.17. The van der Waals surface area contributed by atoms with Gasteiger partial charge in [-0.05, 0) is 49.9 Å². The molecule has 1 aromatic carbocycles. The molecule has 0 saturated heterocycles. The zero-order valence-electron chi connectivity index (χ0n) is 10.9. The third kappa shape index (κ3) is 2.83. The van der Waals surface area contributed by atoms with E-state index in [0.717, 1.165) is 12.2 Å². The molecule has 3 N–H and O–H groups in total. The van der Waals surface area contributed by atoms with Gasteiger partial charge in [-0.2, -0.15) is 5.26 Å². The Balaban J connectivity index is 2.14. The Labute approximate surface area is 109 Å². The lowest BCUT2D eigenvalue weighted by Gasteiger charge is -2.32. The SMILES string of the molecule is Cc1ccc(C#N)cc1NC1CCCCC1CN. The number of rotatable bonds is 3. The number of hydrogen-bond donors (Lipinski definition) is 2. The first-order valence-electron chi connectivity index (χ1n) is 6.72. The van der Waals surface area contributed by atoms with Crippen LogP contribution in [0.25, 0.3) is 0 Å². The van der Waals surface area contributed by atoms with E-state index in [-0.39, 0.29) is 0 Å². The van der Waals surface area contributed by atoms with Gasteiger partial charge in [0, 0.05) is 11.7 Å². The van der Waals surface area contributed by atoms with Crippen LogP contribution in [0.1, 0.15) is 36.8 Å². The Morgan fingerprint density at radius 1 is 1.39 bits per heavy atom. The first-order valence-corrected chi connectivity index (χ1v) is 6.72. The van der Waals surface area contributed by atoms with E-state index < -0.39 is 0 Å². The molecule has 0 bridgehead atoms. The number of nitrogens with two attached hydrogens (primary N) is 1.